The Morgan fingerprint density at radius 2 is 2.10 bits per heavy atom. The zero-order valence-corrected chi connectivity index (χ0v) is 12.8. The molecule has 7 heteroatoms. The smallest absolute Gasteiger partial charge is 0.242 e. The van der Waals surface area contributed by atoms with Crippen LogP contribution in [0.3, 0.4) is 0 Å². The number of benzene rings is 1. The lowest BCUT2D eigenvalue weighted by Gasteiger charge is -2.12. The van der Waals surface area contributed by atoms with E-state index in [-0.39, 0.29) is 4.90 Å². The molecule has 0 atom stereocenters. The molecule has 1 heterocycles. The Labute approximate surface area is 123 Å². The maximum absolute atomic E-state index is 12.2. The number of anilines is 1. The van der Waals surface area contributed by atoms with Gasteiger partial charge in [0.2, 0.25) is 10.0 Å². The van der Waals surface area contributed by atoms with Crippen LogP contribution in [0, 0.1) is 0 Å². The first-order valence-corrected chi connectivity index (χ1v) is 8.75. The number of aromatic nitrogens is 1. The molecule has 2 aromatic rings. The standard InChI is InChI=1S/C13H17N3O2S2/c1-2-7-16-20(17,18)13-6-4-3-5-12(13)14-8-11-9-19-10-15-11/h3-6,9-10,14,16H,2,7-8H2,1H3. The number of rotatable bonds is 7. The number of nitrogens with one attached hydrogen (secondary N) is 2. The summed E-state index contributed by atoms with van der Waals surface area (Å²) in [6.45, 7) is 2.86. The highest BCUT2D eigenvalue weighted by atomic mass is 32.2. The third kappa shape index (κ3) is 3.78. The number of nitrogens with zero attached hydrogens (tertiary/aromatic N) is 1. The number of para-hydroxylation sites is 1. The van der Waals surface area contributed by atoms with E-state index in [1.165, 1.54) is 11.3 Å². The lowest BCUT2D eigenvalue weighted by molar-refractivity contribution is 0.581. The second kappa shape index (κ2) is 6.83. The number of thiazole rings is 1. The molecule has 0 unspecified atom stereocenters. The summed E-state index contributed by atoms with van der Waals surface area (Å²) in [5.74, 6) is 0. The van der Waals surface area contributed by atoms with Crippen LogP contribution in [-0.2, 0) is 16.6 Å². The Morgan fingerprint density at radius 1 is 1.30 bits per heavy atom. The fraction of sp³-hybridized carbons (Fsp3) is 0.308. The van der Waals surface area contributed by atoms with E-state index >= 15 is 0 Å². The summed E-state index contributed by atoms with van der Waals surface area (Å²) in [4.78, 5) is 4.43. The Hall–Kier alpha value is -1.44. The van der Waals surface area contributed by atoms with Gasteiger partial charge in [-0.15, -0.1) is 11.3 Å². The average molecular weight is 311 g/mol. The first kappa shape index (κ1) is 15.0. The number of hydrogen-bond donors (Lipinski definition) is 2. The highest BCUT2D eigenvalue weighted by molar-refractivity contribution is 7.89. The summed E-state index contributed by atoms with van der Waals surface area (Å²) in [7, 11) is -3.47. The summed E-state index contributed by atoms with van der Waals surface area (Å²) in [5, 5.41) is 5.05. The minimum absolute atomic E-state index is 0.267. The van der Waals surface area contributed by atoms with E-state index in [0.29, 0.717) is 18.8 Å². The highest BCUT2D eigenvalue weighted by Crippen LogP contribution is 2.21. The van der Waals surface area contributed by atoms with Crippen LogP contribution in [0.5, 0.6) is 0 Å². The van der Waals surface area contributed by atoms with Crippen molar-refractivity contribution >= 4 is 27.0 Å². The van der Waals surface area contributed by atoms with Crippen molar-refractivity contribution in [1.82, 2.24) is 9.71 Å². The van der Waals surface area contributed by atoms with Crippen LogP contribution in [0.2, 0.25) is 0 Å². The summed E-state index contributed by atoms with van der Waals surface area (Å²) in [5.41, 5.74) is 3.23. The molecule has 0 fully saturated rings. The van der Waals surface area contributed by atoms with E-state index in [9.17, 15) is 8.42 Å². The van der Waals surface area contributed by atoms with Gasteiger partial charge in [0.1, 0.15) is 4.90 Å². The first-order valence-electron chi connectivity index (χ1n) is 6.33. The first-order chi connectivity index (χ1) is 9.63. The Bertz CT molecular complexity index is 639. The molecule has 0 aliphatic heterocycles. The van der Waals surface area contributed by atoms with Gasteiger partial charge in [0.15, 0.2) is 0 Å². The van der Waals surface area contributed by atoms with Crippen molar-refractivity contribution in [2.45, 2.75) is 24.8 Å². The molecule has 5 nitrogen and oxygen atoms in total. The van der Waals surface area contributed by atoms with Gasteiger partial charge in [0.25, 0.3) is 0 Å². The van der Waals surface area contributed by atoms with Crippen molar-refractivity contribution in [3.63, 3.8) is 0 Å². The maximum atomic E-state index is 12.2. The quantitative estimate of drug-likeness (QED) is 0.824. The molecule has 2 N–H and O–H groups in total. The minimum Gasteiger partial charge on any atom is -0.378 e. The third-order valence-electron chi connectivity index (χ3n) is 2.66. The molecule has 1 aromatic carbocycles. The zero-order valence-electron chi connectivity index (χ0n) is 11.2. The van der Waals surface area contributed by atoms with Gasteiger partial charge >= 0.3 is 0 Å². The van der Waals surface area contributed by atoms with Crippen molar-refractivity contribution in [3.05, 3.63) is 40.8 Å². The van der Waals surface area contributed by atoms with Crippen molar-refractivity contribution in [3.8, 4) is 0 Å². The van der Waals surface area contributed by atoms with E-state index in [1.807, 2.05) is 18.4 Å². The van der Waals surface area contributed by atoms with Gasteiger partial charge in [-0.1, -0.05) is 19.1 Å². The predicted molar refractivity (Wildman–Crippen MR) is 81.4 cm³/mol. The van der Waals surface area contributed by atoms with E-state index in [2.05, 4.69) is 15.0 Å². The summed E-state index contributed by atoms with van der Waals surface area (Å²) >= 11 is 1.51. The molecule has 0 radical (unpaired) electrons. The molecule has 0 aliphatic rings. The van der Waals surface area contributed by atoms with Crippen molar-refractivity contribution in [1.29, 1.82) is 0 Å². The molecule has 1 aromatic heterocycles. The van der Waals surface area contributed by atoms with Gasteiger partial charge in [-0.3, -0.25) is 0 Å². The number of sulfonamides is 1. The molecule has 0 saturated carbocycles. The number of hydrogen-bond acceptors (Lipinski definition) is 5. The molecule has 20 heavy (non-hydrogen) atoms. The molecule has 0 aliphatic carbocycles. The molecular formula is C13H17N3O2S2. The van der Waals surface area contributed by atoms with Crippen LogP contribution in [0.4, 0.5) is 5.69 Å². The van der Waals surface area contributed by atoms with Crippen LogP contribution in [0.1, 0.15) is 19.0 Å². The molecule has 0 saturated heterocycles. The fourth-order valence-electron chi connectivity index (χ4n) is 1.67. The normalized spacial score (nSPS) is 11.4. The summed E-state index contributed by atoms with van der Waals surface area (Å²) < 4.78 is 27.0. The second-order valence-electron chi connectivity index (χ2n) is 4.23. The van der Waals surface area contributed by atoms with Gasteiger partial charge in [-0.05, 0) is 18.6 Å². The van der Waals surface area contributed by atoms with Crippen molar-refractivity contribution in [2.24, 2.45) is 0 Å². The van der Waals surface area contributed by atoms with Crippen LogP contribution in [0.25, 0.3) is 0 Å². The summed E-state index contributed by atoms with van der Waals surface area (Å²) in [6.07, 6.45) is 0.758. The van der Waals surface area contributed by atoms with E-state index in [1.54, 1.807) is 23.7 Å². The second-order valence-corrected chi connectivity index (χ2v) is 6.68. The van der Waals surface area contributed by atoms with Crippen LogP contribution in [0.15, 0.2) is 40.1 Å². The average Bonchev–Trinajstić information content (AvgIpc) is 2.96. The van der Waals surface area contributed by atoms with Crippen LogP contribution < -0.4 is 10.0 Å². The monoisotopic (exact) mass is 311 g/mol. The molecule has 108 valence electrons. The predicted octanol–water partition coefficient (Wildman–Crippen LogP) is 2.44. The Kier molecular flexibility index (Phi) is 5.11. The zero-order chi connectivity index (χ0) is 14.4. The molecule has 2 rings (SSSR count). The van der Waals surface area contributed by atoms with Gasteiger partial charge in [0, 0.05) is 11.9 Å². The minimum atomic E-state index is -3.47. The summed E-state index contributed by atoms with van der Waals surface area (Å²) in [6, 6.07) is 6.88. The maximum Gasteiger partial charge on any atom is 0.242 e. The van der Waals surface area contributed by atoms with Gasteiger partial charge < -0.3 is 5.32 Å². The van der Waals surface area contributed by atoms with E-state index in [0.717, 1.165) is 12.1 Å². The van der Waals surface area contributed by atoms with Crippen molar-refractivity contribution < 1.29 is 8.42 Å². The lowest BCUT2D eigenvalue weighted by Crippen LogP contribution is -2.25. The molecule has 0 spiro atoms. The van der Waals surface area contributed by atoms with Crippen LogP contribution in [-0.4, -0.2) is 19.9 Å². The Balaban J connectivity index is 2.17. The molecule has 0 bridgehead atoms. The fourth-order valence-corrected chi connectivity index (χ4v) is 3.55. The Morgan fingerprint density at radius 3 is 2.80 bits per heavy atom. The lowest BCUT2D eigenvalue weighted by atomic mass is 10.3. The topological polar surface area (TPSA) is 71.1 Å². The molecule has 0 amide bonds. The van der Waals surface area contributed by atoms with Gasteiger partial charge in [-0.2, -0.15) is 0 Å². The molecular weight excluding hydrogens is 294 g/mol. The van der Waals surface area contributed by atoms with Gasteiger partial charge in [-0.25, -0.2) is 18.1 Å². The van der Waals surface area contributed by atoms with Crippen LogP contribution >= 0.6 is 11.3 Å². The van der Waals surface area contributed by atoms with Gasteiger partial charge in [0.05, 0.1) is 23.4 Å². The third-order valence-corrected chi connectivity index (χ3v) is 4.82. The SMILES string of the molecule is CCCNS(=O)(=O)c1ccccc1NCc1cscn1. The van der Waals surface area contributed by atoms with E-state index in [4.69, 9.17) is 0 Å². The highest BCUT2D eigenvalue weighted by Gasteiger charge is 2.17. The van der Waals surface area contributed by atoms with Crippen molar-refractivity contribution in [2.75, 3.05) is 11.9 Å². The largest absolute Gasteiger partial charge is 0.378 e. The van der Waals surface area contributed by atoms with E-state index < -0.39 is 10.0 Å².